The van der Waals surface area contributed by atoms with Gasteiger partial charge in [0.15, 0.2) is 0 Å². The van der Waals surface area contributed by atoms with Crippen molar-refractivity contribution in [1.29, 1.82) is 0 Å². The van der Waals surface area contributed by atoms with Gasteiger partial charge in [-0.3, -0.25) is 4.79 Å². The molecule has 0 radical (unpaired) electrons. The Morgan fingerprint density at radius 2 is 1.84 bits per heavy atom. The van der Waals surface area contributed by atoms with E-state index in [0.29, 0.717) is 5.75 Å². The summed E-state index contributed by atoms with van der Waals surface area (Å²) >= 11 is 0. The Kier molecular flexibility index (Phi) is 4.86. The van der Waals surface area contributed by atoms with Gasteiger partial charge in [0.05, 0.1) is 18.8 Å². The van der Waals surface area contributed by atoms with Crippen LogP contribution >= 0.6 is 0 Å². The van der Waals surface area contributed by atoms with Gasteiger partial charge in [0.25, 0.3) is 5.91 Å². The van der Waals surface area contributed by atoms with Gasteiger partial charge in [-0.2, -0.15) is 0 Å². The summed E-state index contributed by atoms with van der Waals surface area (Å²) in [4.78, 5) is 12.2. The van der Waals surface area contributed by atoms with Crippen molar-refractivity contribution in [3.8, 4) is 11.5 Å². The summed E-state index contributed by atoms with van der Waals surface area (Å²) in [5.41, 5.74) is 0.851. The van der Waals surface area contributed by atoms with Crippen LogP contribution in [0.25, 0.3) is 10.8 Å². The summed E-state index contributed by atoms with van der Waals surface area (Å²) in [5.74, 6) is -0.165. The molecule has 5 heteroatoms. The molecule has 25 heavy (non-hydrogen) atoms. The minimum Gasteiger partial charge on any atom is -0.507 e. The van der Waals surface area contributed by atoms with E-state index in [0.717, 1.165) is 16.3 Å². The van der Waals surface area contributed by atoms with Crippen LogP contribution in [0.3, 0.4) is 0 Å². The fourth-order valence-corrected chi connectivity index (χ4v) is 2.65. The number of hydrogen-bond acceptors (Lipinski definition) is 4. The number of hydrogen-bond donors (Lipinski definition) is 3. The van der Waals surface area contributed by atoms with Gasteiger partial charge < -0.3 is 20.3 Å². The predicted octanol–water partition coefficient (Wildman–Crippen LogP) is 3.02. The Hall–Kier alpha value is -3.05. The summed E-state index contributed by atoms with van der Waals surface area (Å²) in [6.45, 7) is 0.0443. The van der Waals surface area contributed by atoms with E-state index in [1.165, 1.54) is 19.2 Å². The van der Waals surface area contributed by atoms with Crippen molar-refractivity contribution in [2.24, 2.45) is 0 Å². The van der Waals surface area contributed by atoms with Crippen molar-refractivity contribution < 1.29 is 19.7 Å². The number of methoxy groups -OCH3 is 1. The Balaban J connectivity index is 1.68. The van der Waals surface area contributed by atoms with E-state index in [1.54, 1.807) is 6.07 Å². The average Bonchev–Trinajstić information content (AvgIpc) is 2.65. The molecule has 3 aromatic rings. The quantitative estimate of drug-likeness (QED) is 0.669. The van der Waals surface area contributed by atoms with Gasteiger partial charge in [-0.05, 0) is 34.5 Å². The maximum Gasteiger partial charge on any atom is 0.255 e. The molecule has 0 spiro atoms. The molecule has 3 aromatic carbocycles. The Morgan fingerprint density at radius 1 is 1.08 bits per heavy atom. The van der Waals surface area contributed by atoms with E-state index < -0.39 is 12.0 Å². The molecule has 0 aliphatic rings. The SMILES string of the molecule is COc1ccc(C(=O)NCC(O)c2ccc3ccccc3c2)c(O)c1. The molecule has 5 nitrogen and oxygen atoms in total. The molecule has 0 heterocycles. The second kappa shape index (κ2) is 7.23. The normalized spacial score (nSPS) is 11.9. The van der Waals surface area contributed by atoms with Gasteiger partial charge in [-0.15, -0.1) is 0 Å². The summed E-state index contributed by atoms with van der Waals surface area (Å²) < 4.78 is 4.99. The minimum absolute atomic E-state index is 0.0443. The predicted molar refractivity (Wildman–Crippen MR) is 95.9 cm³/mol. The van der Waals surface area contributed by atoms with Crippen molar-refractivity contribution >= 4 is 16.7 Å². The summed E-state index contributed by atoms with van der Waals surface area (Å²) in [6.07, 6.45) is -0.839. The molecular formula is C20H19NO4. The van der Waals surface area contributed by atoms with Crippen LogP contribution in [0.15, 0.2) is 60.7 Å². The molecule has 0 aromatic heterocycles. The third-order valence-corrected chi connectivity index (χ3v) is 4.06. The lowest BCUT2D eigenvalue weighted by molar-refractivity contribution is 0.0913. The first-order valence-corrected chi connectivity index (χ1v) is 7.90. The molecule has 0 aliphatic heterocycles. The van der Waals surface area contributed by atoms with Gasteiger partial charge in [0.2, 0.25) is 0 Å². The molecule has 3 rings (SSSR count). The number of rotatable bonds is 5. The van der Waals surface area contributed by atoms with Crippen LogP contribution in [0.2, 0.25) is 0 Å². The highest BCUT2D eigenvalue weighted by Gasteiger charge is 2.14. The van der Waals surface area contributed by atoms with Crippen LogP contribution < -0.4 is 10.1 Å². The smallest absolute Gasteiger partial charge is 0.255 e. The second-order valence-corrected chi connectivity index (χ2v) is 5.72. The maximum atomic E-state index is 12.2. The topological polar surface area (TPSA) is 78.8 Å². The molecule has 0 fully saturated rings. The number of phenols is 1. The van der Waals surface area contributed by atoms with E-state index in [2.05, 4.69) is 5.32 Å². The number of aliphatic hydroxyl groups is 1. The molecule has 0 saturated heterocycles. The zero-order chi connectivity index (χ0) is 17.8. The van der Waals surface area contributed by atoms with E-state index >= 15 is 0 Å². The van der Waals surface area contributed by atoms with Crippen molar-refractivity contribution in [2.75, 3.05) is 13.7 Å². The number of fused-ring (bicyclic) bond motifs is 1. The van der Waals surface area contributed by atoms with E-state index in [4.69, 9.17) is 4.74 Å². The van der Waals surface area contributed by atoms with Gasteiger partial charge in [-0.1, -0.05) is 36.4 Å². The molecule has 3 N–H and O–H groups in total. The first kappa shape index (κ1) is 16.8. The number of carbonyl (C=O) groups excluding carboxylic acids is 1. The Labute approximate surface area is 145 Å². The Bertz CT molecular complexity index is 907. The van der Waals surface area contributed by atoms with Crippen LogP contribution in [0.4, 0.5) is 0 Å². The van der Waals surface area contributed by atoms with E-state index in [1.807, 2.05) is 42.5 Å². The van der Waals surface area contributed by atoms with E-state index in [9.17, 15) is 15.0 Å². The molecule has 1 atom stereocenters. The number of carbonyl (C=O) groups is 1. The van der Waals surface area contributed by atoms with Gasteiger partial charge in [0, 0.05) is 12.6 Å². The molecule has 128 valence electrons. The highest BCUT2D eigenvalue weighted by molar-refractivity contribution is 5.97. The lowest BCUT2D eigenvalue weighted by Gasteiger charge is -2.14. The summed E-state index contributed by atoms with van der Waals surface area (Å²) in [5, 5.41) is 25.0. The zero-order valence-electron chi connectivity index (χ0n) is 13.8. The summed E-state index contributed by atoms with van der Waals surface area (Å²) in [6, 6.07) is 18.0. The molecule has 0 bridgehead atoms. The van der Waals surface area contributed by atoms with Crippen LogP contribution in [-0.4, -0.2) is 29.8 Å². The van der Waals surface area contributed by atoms with Gasteiger partial charge >= 0.3 is 0 Å². The third kappa shape index (κ3) is 3.72. The first-order chi connectivity index (χ1) is 12.1. The monoisotopic (exact) mass is 337 g/mol. The highest BCUT2D eigenvalue weighted by atomic mass is 16.5. The van der Waals surface area contributed by atoms with Crippen molar-refractivity contribution in [2.45, 2.75) is 6.10 Å². The average molecular weight is 337 g/mol. The minimum atomic E-state index is -0.839. The first-order valence-electron chi connectivity index (χ1n) is 7.90. The second-order valence-electron chi connectivity index (χ2n) is 5.72. The van der Waals surface area contributed by atoms with Crippen LogP contribution in [0.5, 0.6) is 11.5 Å². The number of benzene rings is 3. The largest absolute Gasteiger partial charge is 0.507 e. The standard InChI is InChI=1S/C20H19NO4/c1-25-16-8-9-17(18(22)11-16)20(24)21-12-19(23)15-7-6-13-4-2-3-5-14(13)10-15/h2-11,19,22-23H,12H2,1H3,(H,21,24). The number of nitrogens with one attached hydrogen (secondary N) is 1. The van der Waals surface area contributed by atoms with Crippen LogP contribution in [-0.2, 0) is 0 Å². The highest BCUT2D eigenvalue weighted by Crippen LogP contribution is 2.24. The summed E-state index contributed by atoms with van der Waals surface area (Å²) in [7, 11) is 1.48. The molecular weight excluding hydrogens is 318 g/mol. The molecule has 0 saturated carbocycles. The number of aromatic hydroxyl groups is 1. The number of ether oxygens (including phenoxy) is 1. The molecule has 1 amide bonds. The van der Waals surface area contributed by atoms with Crippen LogP contribution in [0.1, 0.15) is 22.0 Å². The van der Waals surface area contributed by atoms with Crippen LogP contribution in [0, 0.1) is 0 Å². The van der Waals surface area contributed by atoms with Crippen molar-refractivity contribution in [3.63, 3.8) is 0 Å². The Morgan fingerprint density at radius 3 is 2.56 bits per heavy atom. The van der Waals surface area contributed by atoms with Crippen molar-refractivity contribution in [3.05, 3.63) is 71.8 Å². The number of amides is 1. The number of aliphatic hydroxyl groups excluding tert-OH is 1. The zero-order valence-corrected chi connectivity index (χ0v) is 13.8. The van der Waals surface area contributed by atoms with Crippen molar-refractivity contribution in [1.82, 2.24) is 5.32 Å². The fourth-order valence-electron chi connectivity index (χ4n) is 2.65. The maximum absolute atomic E-state index is 12.2. The lowest BCUT2D eigenvalue weighted by atomic mass is 10.0. The molecule has 0 aliphatic carbocycles. The third-order valence-electron chi connectivity index (χ3n) is 4.06. The number of phenolic OH excluding ortho intramolecular Hbond substituents is 1. The fraction of sp³-hybridized carbons (Fsp3) is 0.150. The van der Waals surface area contributed by atoms with Gasteiger partial charge in [0.1, 0.15) is 11.5 Å². The lowest BCUT2D eigenvalue weighted by Crippen LogP contribution is -2.28. The van der Waals surface area contributed by atoms with Gasteiger partial charge in [-0.25, -0.2) is 0 Å². The van der Waals surface area contributed by atoms with E-state index in [-0.39, 0.29) is 17.9 Å². The molecule has 1 unspecified atom stereocenters.